The highest BCUT2D eigenvalue weighted by Gasteiger charge is 2.17. The molecule has 0 bridgehead atoms. The highest BCUT2D eigenvalue weighted by atomic mass is 16.5. The van der Waals surface area contributed by atoms with Gasteiger partial charge in [0.2, 0.25) is 0 Å². The van der Waals surface area contributed by atoms with Gasteiger partial charge in [-0.1, -0.05) is 0 Å². The number of rotatable bonds is 4. The lowest BCUT2D eigenvalue weighted by Crippen LogP contribution is -2.27. The van der Waals surface area contributed by atoms with Gasteiger partial charge in [0.25, 0.3) is 0 Å². The lowest BCUT2D eigenvalue weighted by atomic mass is 10.1. The van der Waals surface area contributed by atoms with E-state index in [0.717, 1.165) is 42.1 Å². The third-order valence-corrected chi connectivity index (χ3v) is 4.33. The zero-order chi connectivity index (χ0) is 15.5. The maximum atomic E-state index is 5.82. The van der Waals surface area contributed by atoms with E-state index in [1.54, 1.807) is 6.33 Å². The topological polar surface area (TPSA) is 51.1 Å². The van der Waals surface area contributed by atoms with Crippen LogP contribution in [-0.4, -0.2) is 41.3 Å². The fourth-order valence-corrected chi connectivity index (χ4v) is 3.16. The van der Waals surface area contributed by atoms with Crippen molar-refractivity contribution in [3.63, 3.8) is 0 Å². The largest absolute Gasteiger partial charge is 0.378 e. The molecular weight excluding hydrogens is 276 g/mol. The molecule has 22 heavy (non-hydrogen) atoms. The molecule has 0 unspecified atom stereocenters. The summed E-state index contributed by atoms with van der Waals surface area (Å²) in [6.45, 7) is 5.94. The molecular formula is C17H24N4O. The van der Waals surface area contributed by atoms with Crippen molar-refractivity contribution in [2.24, 2.45) is 0 Å². The van der Waals surface area contributed by atoms with Gasteiger partial charge in [-0.3, -0.25) is 0 Å². The van der Waals surface area contributed by atoms with Gasteiger partial charge in [-0.2, -0.15) is 0 Å². The Hall–Kier alpha value is -1.75. The number of pyridine rings is 1. The number of hydrogen-bond acceptors (Lipinski definition) is 5. The van der Waals surface area contributed by atoms with Crippen molar-refractivity contribution in [1.82, 2.24) is 15.0 Å². The van der Waals surface area contributed by atoms with Crippen LogP contribution in [0.2, 0.25) is 0 Å². The number of anilines is 1. The zero-order valence-electron chi connectivity index (χ0n) is 13.7. The molecule has 2 aromatic heterocycles. The molecule has 0 aliphatic carbocycles. The molecule has 3 rings (SSSR count). The minimum absolute atomic E-state index is 0.394. The number of hydrogen-bond donors (Lipinski definition) is 0. The summed E-state index contributed by atoms with van der Waals surface area (Å²) < 4.78 is 5.82. The second-order valence-electron chi connectivity index (χ2n) is 6.18. The summed E-state index contributed by atoms with van der Waals surface area (Å²) in [7, 11) is 2.09. The average Bonchev–Trinajstić information content (AvgIpc) is 2.52. The Bertz CT molecular complexity index is 652. The second kappa shape index (κ2) is 6.57. The highest BCUT2D eigenvalue weighted by molar-refractivity contribution is 5.89. The summed E-state index contributed by atoms with van der Waals surface area (Å²) in [5.41, 5.74) is 2.95. The normalized spacial score (nSPS) is 18.6. The second-order valence-corrected chi connectivity index (χ2v) is 6.18. The predicted molar refractivity (Wildman–Crippen MR) is 88.3 cm³/mol. The first-order valence-corrected chi connectivity index (χ1v) is 8.07. The number of nitrogens with zero attached hydrogens (tertiary/aromatic N) is 4. The van der Waals surface area contributed by atoms with Crippen LogP contribution in [0.1, 0.15) is 36.9 Å². The average molecular weight is 300 g/mol. The van der Waals surface area contributed by atoms with Gasteiger partial charge in [0.05, 0.1) is 11.5 Å². The zero-order valence-corrected chi connectivity index (χ0v) is 13.7. The summed E-state index contributed by atoms with van der Waals surface area (Å²) in [5, 5.41) is 1.06. The molecule has 1 aliphatic heterocycles. The minimum Gasteiger partial charge on any atom is -0.378 e. The molecule has 1 saturated heterocycles. The Kier molecular flexibility index (Phi) is 4.52. The highest BCUT2D eigenvalue weighted by Crippen LogP contribution is 2.25. The molecule has 0 saturated carbocycles. The van der Waals surface area contributed by atoms with Crippen molar-refractivity contribution in [2.75, 3.05) is 25.1 Å². The molecule has 0 radical (unpaired) electrons. The van der Waals surface area contributed by atoms with Crippen LogP contribution in [0.15, 0.2) is 12.4 Å². The first-order valence-electron chi connectivity index (χ1n) is 8.07. The molecule has 1 fully saturated rings. The van der Waals surface area contributed by atoms with E-state index in [0.29, 0.717) is 6.10 Å². The summed E-state index contributed by atoms with van der Waals surface area (Å²) in [5.74, 6) is 0.964. The van der Waals surface area contributed by atoms with E-state index in [1.165, 1.54) is 24.8 Å². The molecule has 2 aromatic rings. The lowest BCUT2D eigenvalue weighted by molar-refractivity contribution is 0.0127. The fourth-order valence-electron chi connectivity index (χ4n) is 3.16. The van der Waals surface area contributed by atoms with Crippen LogP contribution < -0.4 is 4.90 Å². The van der Waals surface area contributed by atoms with Crippen LogP contribution >= 0.6 is 0 Å². The first kappa shape index (κ1) is 15.2. The summed E-state index contributed by atoms with van der Waals surface area (Å²) in [4.78, 5) is 15.5. The van der Waals surface area contributed by atoms with Crippen molar-refractivity contribution in [1.29, 1.82) is 0 Å². The van der Waals surface area contributed by atoms with Gasteiger partial charge in [0, 0.05) is 25.9 Å². The Labute approximate surface area is 131 Å². The lowest BCUT2D eigenvalue weighted by Gasteiger charge is -2.26. The molecule has 5 nitrogen and oxygen atoms in total. The van der Waals surface area contributed by atoms with Crippen LogP contribution in [0.25, 0.3) is 11.0 Å². The van der Waals surface area contributed by atoms with Crippen LogP contribution in [0, 0.1) is 13.8 Å². The predicted octanol–water partition coefficient (Wildman–Crippen LogP) is 3.04. The summed E-state index contributed by atoms with van der Waals surface area (Å²) >= 11 is 0. The van der Waals surface area contributed by atoms with Crippen molar-refractivity contribution in [2.45, 2.75) is 45.6 Å². The molecule has 0 aromatic carbocycles. The molecule has 5 heteroatoms. The van der Waals surface area contributed by atoms with Crippen molar-refractivity contribution in [3.05, 3.63) is 23.7 Å². The van der Waals surface area contributed by atoms with E-state index >= 15 is 0 Å². The van der Waals surface area contributed by atoms with Crippen molar-refractivity contribution < 1.29 is 4.74 Å². The number of aromatic nitrogens is 3. The monoisotopic (exact) mass is 300 g/mol. The molecule has 3 heterocycles. The van der Waals surface area contributed by atoms with E-state index in [1.807, 2.05) is 6.92 Å². The van der Waals surface area contributed by atoms with E-state index in [-0.39, 0.29) is 0 Å². The van der Waals surface area contributed by atoms with Gasteiger partial charge >= 0.3 is 0 Å². The summed E-state index contributed by atoms with van der Waals surface area (Å²) in [6.07, 6.45) is 6.71. The number of fused-ring (bicyclic) bond motifs is 1. The first-order chi connectivity index (χ1) is 10.6. The van der Waals surface area contributed by atoms with Gasteiger partial charge in [-0.25, -0.2) is 15.0 Å². The maximum Gasteiger partial charge on any atom is 0.165 e. The van der Waals surface area contributed by atoms with Crippen LogP contribution in [0.3, 0.4) is 0 Å². The minimum atomic E-state index is 0.394. The Balaban J connectivity index is 1.79. The smallest absolute Gasteiger partial charge is 0.165 e. The quantitative estimate of drug-likeness (QED) is 0.868. The third-order valence-electron chi connectivity index (χ3n) is 4.33. The molecule has 1 atom stereocenters. The summed E-state index contributed by atoms with van der Waals surface area (Å²) in [6, 6.07) is 2.09. The standard InChI is InChI=1S/C17H24N4O/c1-12-10-13(2)20-16-15(12)17(19-11-18-16)21(3)8-7-14-6-4-5-9-22-14/h10-11,14H,4-9H2,1-3H3/t14-/m1/s1. The maximum absolute atomic E-state index is 5.82. The Morgan fingerprint density at radius 1 is 1.27 bits per heavy atom. The Morgan fingerprint density at radius 2 is 2.14 bits per heavy atom. The molecule has 0 N–H and O–H groups in total. The SMILES string of the molecule is Cc1cc(C)c2c(N(C)CC[C@H]3CCCCO3)ncnc2n1. The third kappa shape index (κ3) is 3.19. The van der Waals surface area contributed by atoms with Crippen LogP contribution in [0.5, 0.6) is 0 Å². The Morgan fingerprint density at radius 3 is 2.91 bits per heavy atom. The molecule has 0 spiro atoms. The van der Waals surface area contributed by atoms with Crippen molar-refractivity contribution in [3.8, 4) is 0 Å². The molecule has 1 aliphatic rings. The molecule has 118 valence electrons. The van der Waals surface area contributed by atoms with Gasteiger partial charge in [-0.15, -0.1) is 0 Å². The van der Waals surface area contributed by atoms with Gasteiger partial charge in [0.15, 0.2) is 5.65 Å². The van der Waals surface area contributed by atoms with E-state index in [2.05, 4.69) is 39.9 Å². The van der Waals surface area contributed by atoms with E-state index < -0.39 is 0 Å². The van der Waals surface area contributed by atoms with E-state index in [9.17, 15) is 0 Å². The van der Waals surface area contributed by atoms with Crippen LogP contribution in [-0.2, 0) is 4.74 Å². The number of aryl methyl sites for hydroxylation is 2. The van der Waals surface area contributed by atoms with E-state index in [4.69, 9.17) is 4.74 Å². The van der Waals surface area contributed by atoms with Crippen molar-refractivity contribution >= 4 is 16.9 Å². The molecule has 0 amide bonds. The van der Waals surface area contributed by atoms with Gasteiger partial charge in [-0.05, 0) is 51.2 Å². The van der Waals surface area contributed by atoms with Gasteiger partial charge in [0.1, 0.15) is 12.1 Å². The van der Waals surface area contributed by atoms with Crippen LogP contribution in [0.4, 0.5) is 5.82 Å². The van der Waals surface area contributed by atoms with Gasteiger partial charge < -0.3 is 9.64 Å². The fraction of sp³-hybridized carbons (Fsp3) is 0.588. The number of ether oxygens (including phenoxy) is 1.